The number of piperidine rings is 1. The first-order chi connectivity index (χ1) is 12.1. The predicted molar refractivity (Wildman–Crippen MR) is 94.6 cm³/mol. The van der Waals surface area contributed by atoms with Crippen molar-refractivity contribution >= 4 is 16.8 Å². The Labute approximate surface area is 144 Å². The smallest absolute Gasteiger partial charge is 0.329 e. The van der Waals surface area contributed by atoms with Crippen molar-refractivity contribution in [2.75, 3.05) is 26.2 Å². The molecule has 1 atom stereocenters. The van der Waals surface area contributed by atoms with Gasteiger partial charge in [-0.15, -0.1) is 0 Å². The van der Waals surface area contributed by atoms with Gasteiger partial charge in [-0.25, -0.2) is 4.79 Å². The lowest BCUT2D eigenvalue weighted by Crippen LogP contribution is -2.56. The van der Waals surface area contributed by atoms with Crippen LogP contribution in [0.15, 0.2) is 33.9 Å². The van der Waals surface area contributed by atoms with E-state index in [1.807, 2.05) is 4.90 Å². The molecule has 2 aliphatic heterocycles. The van der Waals surface area contributed by atoms with Crippen LogP contribution in [0.1, 0.15) is 19.3 Å². The third kappa shape index (κ3) is 3.00. The number of benzene rings is 1. The number of hydrogen-bond donors (Lipinski definition) is 1. The number of nitrogens with one attached hydrogen (secondary N) is 1. The second kappa shape index (κ2) is 6.48. The quantitative estimate of drug-likeness (QED) is 0.856. The summed E-state index contributed by atoms with van der Waals surface area (Å²) >= 11 is 0. The van der Waals surface area contributed by atoms with E-state index in [-0.39, 0.29) is 12.5 Å². The largest absolute Gasteiger partial charge is 0.338 e. The lowest BCUT2D eigenvalue weighted by atomic mass is 9.99. The molecule has 1 N–H and O–H groups in total. The minimum Gasteiger partial charge on any atom is -0.338 e. The van der Waals surface area contributed by atoms with E-state index in [0.29, 0.717) is 23.5 Å². The van der Waals surface area contributed by atoms with Gasteiger partial charge in [0.2, 0.25) is 5.91 Å². The number of fused-ring (bicyclic) bond motifs is 2. The Morgan fingerprint density at radius 3 is 2.84 bits per heavy atom. The molecular formula is C18H22N4O3. The highest BCUT2D eigenvalue weighted by molar-refractivity contribution is 5.81. The number of aromatic amines is 1. The molecule has 1 aromatic heterocycles. The fourth-order valence-corrected chi connectivity index (χ4v) is 4.02. The highest BCUT2D eigenvalue weighted by Crippen LogP contribution is 2.21. The summed E-state index contributed by atoms with van der Waals surface area (Å²) in [5.74, 6) is -0.0653. The fraction of sp³-hybridized carbons (Fsp3) is 0.500. The van der Waals surface area contributed by atoms with Gasteiger partial charge in [0.1, 0.15) is 6.54 Å². The molecule has 132 valence electrons. The molecule has 0 aliphatic carbocycles. The molecule has 2 fully saturated rings. The van der Waals surface area contributed by atoms with Crippen LogP contribution in [0, 0.1) is 0 Å². The number of piperazine rings is 1. The maximum Gasteiger partial charge on any atom is 0.329 e. The van der Waals surface area contributed by atoms with Gasteiger partial charge in [-0.2, -0.15) is 0 Å². The first kappa shape index (κ1) is 16.1. The highest BCUT2D eigenvalue weighted by Gasteiger charge is 2.31. The molecule has 0 unspecified atom stereocenters. The Hall–Kier alpha value is -2.41. The number of hydrogen-bond acceptors (Lipinski definition) is 4. The Kier molecular flexibility index (Phi) is 4.17. The molecule has 1 amide bonds. The molecule has 7 heteroatoms. The molecular weight excluding hydrogens is 320 g/mol. The zero-order chi connectivity index (χ0) is 17.4. The van der Waals surface area contributed by atoms with Crippen molar-refractivity contribution in [2.45, 2.75) is 31.8 Å². The van der Waals surface area contributed by atoms with Gasteiger partial charge >= 0.3 is 5.69 Å². The summed E-state index contributed by atoms with van der Waals surface area (Å²) in [5.41, 5.74) is -0.450. The second-order valence-corrected chi connectivity index (χ2v) is 6.89. The van der Waals surface area contributed by atoms with Gasteiger partial charge < -0.3 is 4.90 Å². The van der Waals surface area contributed by atoms with Gasteiger partial charge in [0, 0.05) is 25.7 Å². The van der Waals surface area contributed by atoms with Crippen LogP contribution in [-0.4, -0.2) is 57.5 Å². The molecule has 2 saturated heterocycles. The first-order valence-electron chi connectivity index (χ1n) is 8.87. The fourth-order valence-electron chi connectivity index (χ4n) is 4.02. The lowest BCUT2D eigenvalue weighted by molar-refractivity contribution is -0.135. The van der Waals surface area contributed by atoms with E-state index in [9.17, 15) is 14.4 Å². The van der Waals surface area contributed by atoms with Crippen LogP contribution < -0.4 is 11.2 Å². The number of carbonyl (C=O) groups excluding carboxylic acids is 1. The zero-order valence-electron chi connectivity index (χ0n) is 14.1. The van der Waals surface area contributed by atoms with Crippen molar-refractivity contribution in [3.8, 4) is 0 Å². The molecule has 0 saturated carbocycles. The van der Waals surface area contributed by atoms with E-state index in [1.165, 1.54) is 17.4 Å². The van der Waals surface area contributed by atoms with Crippen LogP contribution in [0.2, 0.25) is 0 Å². The Morgan fingerprint density at radius 1 is 1.12 bits per heavy atom. The molecule has 3 heterocycles. The molecule has 0 radical (unpaired) electrons. The number of carbonyl (C=O) groups is 1. The summed E-state index contributed by atoms with van der Waals surface area (Å²) in [5, 5.41) is 0.423. The number of amides is 1. The molecule has 0 spiro atoms. The number of aromatic nitrogens is 2. The second-order valence-electron chi connectivity index (χ2n) is 6.89. The topological polar surface area (TPSA) is 78.4 Å². The van der Waals surface area contributed by atoms with Crippen LogP contribution in [0.3, 0.4) is 0 Å². The van der Waals surface area contributed by atoms with Crippen LogP contribution in [0.5, 0.6) is 0 Å². The van der Waals surface area contributed by atoms with E-state index < -0.39 is 11.2 Å². The van der Waals surface area contributed by atoms with E-state index in [1.54, 1.807) is 24.3 Å². The van der Waals surface area contributed by atoms with Crippen molar-refractivity contribution in [1.82, 2.24) is 19.4 Å². The zero-order valence-corrected chi connectivity index (χ0v) is 14.1. The molecule has 0 bridgehead atoms. The van der Waals surface area contributed by atoms with E-state index in [4.69, 9.17) is 0 Å². The van der Waals surface area contributed by atoms with Crippen molar-refractivity contribution in [3.63, 3.8) is 0 Å². The summed E-state index contributed by atoms with van der Waals surface area (Å²) in [6, 6.07) is 7.32. The van der Waals surface area contributed by atoms with Crippen LogP contribution >= 0.6 is 0 Å². The molecule has 2 aromatic rings. The summed E-state index contributed by atoms with van der Waals surface area (Å²) < 4.78 is 1.37. The molecule has 2 aliphatic rings. The lowest BCUT2D eigenvalue weighted by Gasteiger charge is -2.44. The normalized spacial score (nSPS) is 21.3. The average Bonchev–Trinajstić information content (AvgIpc) is 2.64. The number of nitrogens with zero attached hydrogens (tertiary/aromatic N) is 3. The predicted octanol–water partition coefficient (Wildman–Crippen LogP) is 0.386. The van der Waals surface area contributed by atoms with Gasteiger partial charge in [0.05, 0.1) is 10.9 Å². The van der Waals surface area contributed by atoms with E-state index in [0.717, 1.165) is 26.1 Å². The van der Waals surface area contributed by atoms with Gasteiger partial charge in [-0.1, -0.05) is 18.6 Å². The molecule has 1 aromatic carbocycles. The Balaban J connectivity index is 1.58. The number of rotatable bonds is 2. The molecule has 7 nitrogen and oxygen atoms in total. The molecule has 25 heavy (non-hydrogen) atoms. The molecule has 4 rings (SSSR count). The first-order valence-corrected chi connectivity index (χ1v) is 8.87. The summed E-state index contributed by atoms with van der Waals surface area (Å²) in [6.07, 6.45) is 3.59. The van der Waals surface area contributed by atoms with E-state index >= 15 is 0 Å². The maximum atomic E-state index is 12.8. The van der Waals surface area contributed by atoms with Gasteiger partial charge in [0.15, 0.2) is 0 Å². The van der Waals surface area contributed by atoms with Gasteiger partial charge in [0.25, 0.3) is 5.56 Å². The minimum atomic E-state index is -0.534. The SMILES string of the molecule is O=C(Cn1c(=O)[nH]c(=O)c2ccccc21)N1CCN2CCCC[C@@H]2C1. The third-order valence-electron chi connectivity index (χ3n) is 5.39. The van der Waals surface area contributed by atoms with Crippen molar-refractivity contribution in [2.24, 2.45) is 0 Å². The van der Waals surface area contributed by atoms with E-state index in [2.05, 4.69) is 9.88 Å². The minimum absolute atomic E-state index is 0.0388. The van der Waals surface area contributed by atoms with Crippen LogP contribution in [0.4, 0.5) is 0 Å². The van der Waals surface area contributed by atoms with Gasteiger partial charge in [-0.3, -0.25) is 24.0 Å². The monoisotopic (exact) mass is 342 g/mol. The highest BCUT2D eigenvalue weighted by atomic mass is 16.2. The van der Waals surface area contributed by atoms with Gasteiger partial charge in [-0.05, 0) is 31.5 Å². The Bertz CT molecular complexity index is 916. The van der Waals surface area contributed by atoms with Crippen molar-refractivity contribution in [3.05, 3.63) is 45.1 Å². The summed E-state index contributed by atoms with van der Waals surface area (Å²) in [7, 11) is 0. The Morgan fingerprint density at radius 2 is 1.96 bits per heavy atom. The van der Waals surface area contributed by atoms with Crippen LogP contribution in [-0.2, 0) is 11.3 Å². The number of para-hydroxylation sites is 1. The number of H-pyrrole nitrogens is 1. The standard InChI is InChI=1S/C18H22N4O3/c23-16(21-10-9-20-8-4-3-5-13(20)11-21)12-22-15-7-2-1-6-14(15)17(24)19-18(22)25/h1-2,6-7,13H,3-5,8-12H2,(H,19,24,25)/t13-/m1/s1. The van der Waals surface area contributed by atoms with Crippen molar-refractivity contribution in [1.29, 1.82) is 0 Å². The average molecular weight is 342 g/mol. The maximum absolute atomic E-state index is 12.8. The third-order valence-corrected chi connectivity index (χ3v) is 5.39. The van der Waals surface area contributed by atoms with Crippen molar-refractivity contribution < 1.29 is 4.79 Å². The van der Waals surface area contributed by atoms with Crippen LogP contribution in [0.25, 0.3) is 10.9 Å². The summed E-state index contributed by atoms with van der Waals surface area (Å²) in [6.45, 7) is 3.41. The summed E-state index contributed by atoms with van der Waals surface area (Å²) in [4.78, 5) is 43.6.